The van der Waals surface area contributed by atoms with Gasteiger partial charge in [-0.15, -0.1) is 0 Å². The number of Topliss-reactive ketones (excluding diaryl/α,β-unsaturated/α-hetero) is 1. The minimum atomic E-state index is -0.518. The maximum atomic E-state index is 12.9. The van der Waals surface area contributed by atoms with Crippen molar-refractivity contribution >= 4 is 11.9 Å². The predicted molar refractivity (Wildman–Crippen MR) is 89.6 cm³/mol. The summed E-state index contributed by atoms with van der Waals surface area (Å²) in [6, 6.07) is 5.63. The maximum Gasteiger partial charge on any atom is 0.410 e. The van der Waals surface area contributed by atoms with E-state index in [0.29, 0.717) is 25.2 Å². The standard InChI is InChI=1S/C18H25FN2O3/c1-13-11-21(17(23)24-18(2,3)4)10-9-20(13)12-16(22)14-5-7-15(19)8-6-14/h5-8,13H,9-12H2,1-4H3/t13-/m0/s1. The molecule has 0 aliphatic carbocycles. The van der Waals surface area contributed by atoms with Crippen molar-refractivity contribution in [3.8, 4) is 0 Å². The van der Waals surface area contributed by atoms with Gasteiger partial charge in [-0.3, -0.25) is 9.69 Å². The number of ketones is 1. The van der Waals surface area contributed by atoms with E-state index in [4.69, 9.17) is 4.74 Å². The summed E-state index contributed by atoms with van der Waals surface area (Å²) in [7, 11) is 0. The molecule has 0 spiro atoms. The molecule has 132 valence electrons. The number of benzene rings is 1. The van der Waals surface area contributed by atoms with Crippen molar-refractivity contribution in [1.29, 1.82) is 0 Å². The lowest BCUT2D eigenvalue weighted by Gasteiger charge is -2.39. The average molecular weight is 336 g/mol. The van der Waals surface area contributed by atoms with E-state index < -0.39 is 5.60 Å². The Morgan fingerprint density at radius 3 is 2.38 bits per heavy atom. The Morgan fingerprint density at radius 1 is 1.21 bits per heavy atom. The molecule has 1 aromatic carbocycles. The van der Waals surface area contributed by atoms with Gasteiger partial charge < -0.3 is 9.64 Å². The van der Waals surface area contributed by atoms with E-state index in [2.05, 4.69) is 0 Å². The molecule has 6 heteroatoms. The van der Waals surface area contributed by atoms with E-state index in [0.717, 1.165) is 0 Å². The molecule has 0 saturated carbocycles. The molecule has 0 unspecified atom stereocenters. The molecule has 1 aromatic rings. The van der Waals surface area contributed by atoms with Gasteiger partial charge in [0.1, 0.15) is 11.4 Å². The number of ether oxygens (including phenoxy) is 1. The topological polar surface area (TPSA) is 49.9 Å². The van der Waals surface area contributed by atoms with Gasteiger partial charge in [-0.1, -0.05) is 0 Å². The van der Waals surface area contributed by atoms with Crippen LogP contribution in [0.25, 0.3) is 0 Å². The second-order valence-corrected chi connectivity index (χ2v) is 7.18. The summed E-state index contributed by atoms with van der Waals surface area (Å²) in [5.74, 6) is -0.404. The van der Waals surface area contributed by atoms with Gasteiger partial charge in [0, 0.05) is 31.2 Å². The Hall–Kier alpha value is -1.95. The van der Waals surface area contributed by atoms with Crippen LogP contribution in [0.4, 0.5) is 9.18 Å². The molecule has 0 radical (unpaired) electrons. The van der Waals surface area contributed by atoms with Crippen LogP contribution in [-0.2, 0) is 4.74 Å². The maximum absolute atomic E-state index is 12.9. The Labute approximate surface area is 142 Å². The molecule has 0 N–H and O–H groups in total. The molecule has 1 fully saturated rings. The van der Waals surface area contributed by atoms with Gasteiger partial charge in [-0.05, 0) is 52.0 Å². The highest BCUT2D eigenvalue weighted by molar-refractivity contribution is 5.97. The second-order valence-electron chi connectivity index (χ2n) is 7.18. The van der Waals surface area contributed by atoms with E-state index in [-0.39, 0.29) is 30.3 Å². The van der Waals surface area contributed by atoms with Crippen LogP contribution < -0.4 is 0 Å². The van der Waals surface area contributed by atoms with Crippen LogP contribution >= 0.6 is 0 Å². The minimum absolute atomic E-state index is 0.0485. The summed E-state index contributed by atoms with van der Waals surface area (Å²) in [4.78, 5) is 28.1. The predicted octanol–water partition coefficient (Wildman–Crippen LogP) is 2.95. The molecule has 1 aliphatic heterocycles. The molecular formula is C18H25FN2O3. The van der Waals surface area contributed by atoms with Crippen LogP contribution in [0.3, 0.4) is 0 Å². The lowest BCUT2D eigenvalue weighted by atomic mass is 10.1. The van der Waals surface area contributed by atoms with Crippen molar-refractivity contribution in [1.82, 2.24) is 9.80 Å². The number of piperazine rings is 1. The third-order valence-electron chi connectivity index (χ3n) is 3.93. The summed E-state index contributed by atoms with van der Waals surface area (Å²) >= 11 is 0. The van der Waals surface area contributed by atoms with Crippen LogP contribution in [0.2, 0.25) is 0 Å². The summed E-state index contributed by atoms with van der Waals surface area (Å²) in [6.45, 7) is 9.40. The number of carbonyl (C=O) groups is 2. The van der Waals surface area contributed by atoms with Crippen molar-refractivity contribution in [3.63, 3.8) is 0 Å². The van der Waals surface area contributed by atoms with Gasteiger partial charge in [0.2, 0.25) is 0 Å². The third-order valence-corrected chi connectivity index (χ3v) is 3.93. The summed E-state index contributed by atoms with van der Waals surface area (Å²) in [6.07, 6.45) is -0.320. The first-order valence-corrected chi connectivity index (χ1v) is 8.16. The quantitative estimate of drug-likeness (QED) is 0.797. The zero-order valence-corrected chi connectivity index (χ0v) is 14.7. The highest BCUT2D eigenvalue weighted by Crippen LogP contribution is 2.15. The third kappa shape index (κ3) is 5.03. The van der Waals surface area contributed by atoms with Gasteiger partial charge in [0.15, 0.2) is 5.78 Å². The fourth-order valence-electron chi connectivity index (χ4n) is 2.63. The SMILES string of the molecule is C[C@H]1CN(C(=O)OC(C)(C)C)CCN1CC(=O)c1ccc(F)cc1. The molecule has 1 heterocycles. The van der Waals surface area contributed by atoms with Gasteiger partial charge in [-0.2, -0.15) is 0 Å². The summed E-state index contributed by atoms with van der Waals surface area (Å²) in [5, 5.41) is 0. The van der Waals surface area contributed by atoms with Gasteiger partial charge in [0.05, 0.1) is 6.54 Å². The van der Waals surface area contributed by atoms with E-state index in [1.54, 1.807) is 4.90 Å². The normalized spacial score (nSPS) is 19.2. The number of rotatable bonds is 3. The van der Waals surface area contributed by atoms with E-state index >= 15 is 0 Å². The van der Waals surface area contributed by atoms with E-state index in [1.807, 2.05) is 32.6 Å². The first-order valence-electron chi connectivity index (χ1n) is 8.16. The highest BCUT2D eigenvalue weighted by Gasteiger charge is 2.30. The molecule has 1 atom stereocenters. The molecule has 2 rings (SSSR count). The second kappa shape index (κ2) is 7.30. The van der Waals surface area contributed by atoms with Crippen LogP contribution in [0.1, 0.15) is 38.1 Å². The average Bonchev–Trinajstić information content (AvgIpc) is 2.48. The van der Waals surface area contributed by atoms with Crippen molar-refractivity contribution < 1.29 is 18.7 Å². The Balaban J connectivity index is 1.90. The van der Waals surface area contributed by atoms with Crippen LogP contribution in [0.5, 0.6) is 0 Å². The van der Waals surface area contributed by atoms with Crippen molar-refractivity contribution in [2.24, 2.45) is 0 Å². The number of nitrogens with zero attached hydrogens (tertiary/aromatic N) is 2. The summed E-state index contributed by atoms with van der Waals surface area (Å²) in [5.41, 5.74) is -0.0195. The number of halogens is 1. The molecule has 1 saturated heterocycles. The molecular weight excluding hydrogens is 311 g/mol. The van der Waals surface area contributed by atoms with E-state index in [9.17, 15) is 14.0 Å². The monoisotopic (exact) mass is 336 g/mol. The summed E-state index contributed by atoms with van der Waals surface area (Å²) < 4.78 is 18.3. The Kier molecular flexibility index (Phi) is 5.59. The Morgan fingerprint density at radius 2 is 1.83 bits per heavy atom. The largest absolute Gasteiger partial charge is 0.444 e. The van der Waals surface area contributed by atoms with Gasteiger partial charge >= 0.3 is 6.09 Å². The fraction of sp³-hybridized carbons (Fsp3) is 0.556. The molecule has 1 aliphatic rings. The van der Waals surface area contributed by atoms with Gasteiger partial charge in [-0.25, -0.2) is 9.18 Å². The van der Waals surface area contributed by atoms with Crippen molar-refractivity contribution in [2.75, 3.05) is 26.2 Å². The molecule has 5 nitrogen and oxygen atoms in total. The van der Waals surface area contributed by atoms with Crippen LogP contribution in [-0.4, -0.2) is 59.5 Å². The number of hydrogen-bond donors (Lipinski definition) is 0. The fourth-order valence-corrected chi connectivity index (χ4v) is 2.63. The first-order chi connectivity index (χ1) is 11.2. The first kappa shape index (κ1) is 18.4. The molecule has 0 bridgehead atoms. The number of carbonyl (C=O) groups excluding carboxylic acids is 2. The lowest BCUT2D eigenvalue weighted by molar-refractivity contribution is 0.00658. The number of hydrogen-bond acceptors (Lipinski definition) is 4. The Bertz CT molecular complexity index is 595. The highest BCUT2D eigenvalue weighted by atomic mass is 19.1. The van der Waals surface area contributed by atoms with Gasteiger partial charge in [0.25, 0.3) is 0 Å². The van der Waals surface area contributed by atoms with Crippen LogP contribution in [0, 0.1) is 5.82 Å². The minimum Gasteiger partial charge on any atom is -0.444 e. The zero-order valence-electron chi connectivity index (χ0n) is 14.7. The molecule has 0 aromatic heterocycles. The van der Waals surface area contributed by atoms with Crippen LogP contribution in [0.15, 0.2) is 24.3 Å². The zero-order chi connectivity index (χ0) is 17.9. The molecule has 1 amide bonds. The number of amides is 1. The lowest BCUT2D eigenvalue weighted by Crippen LogP contribution is -2.55. The van der Waals surface area contributed by atoms with Crippen molar-refractivity contribution in [3.05, 3.63) is 35.6 Å². The van der Waals surface area contributed by atoms with Crippen molar-refractivity contribution in [2.45, 2.75) is 39.3 Å². The smallest absolute Gasteiger partial charge is 0.410 e. The van der Waals surface area contributed by atoms with E-state index in [1.165, 1.54) is 24.3 Å². The molecule has 24 heavy (non-hydrogen) atoms.